The third kappa shape index (κ3) is 7.77. The molecule has 0 bridgehead atoms. The van der Waals surface area contributed by atoms with Gasteiger partial charge in [-0.3, -0.25) is 0 Å². The van der Waals surface area contributed by atoms with Crippen LogP contribution >= 0.6 is 11.3 Å². The van der Waals surface area contributed by atoms with Crippen molar-refractivity contribution in [3.8, 4) is 78.9 Å². The van der Waals surface area contributed by atoms with Crippen molar-refractivity contribution in [3.05, 3.63) is 290 Å². The Morgan fingerprint density at radius 1 is 0.319 bits per heavy atom. The molecule has 13 aromatic carbocycles. The average Bonchev–Trinajstić information content (AvgIpc) is 1.57. The molecule has 0 aliphatic rings. The largest absolute Gasteiger partial charge is 0.455 e. The van der Waals surface area contributed by atoms with Gasteiger partial charge in [-0.25, -0.2) is 19.8 Å². The highest BCUT2D eigenvalue weighted by atomic mass is 32.1. The topological polar surface area (TPSA) is 79.2 Å². The molecule has 8 nitrogen and oxygen atoms in total. The number of fused-ring (bicyclic) bond motifs is 17. The Balaban J connectivity index is 1.01. The van der Waals surface area contributed by atoms with Crippen LogP contribution < -0.4 is 0 Å². The third-order valence-corrected chi connectivity index (χ3v) is 19.3. The number of para-hydroxylation sites is 2. The highest BCUT2D eigenvalue weighted by Gasteiger charge is 2.32. The molecule has 0 amide bonds. The van der Waals surface area contributed by atoms with E-state index < -0.39 is 0 Å². The quantitative estimate of drug-likeness (QED) is 0.142. The molecule has 6 heterocycles. The zero-order valence-corrected chi connectivity index (χ0v) is 49.3. The highest BCUT2D eigenvalue weighted by Crippen LogP contribution is 2.53. The third-order valence-electron chi connectivity index (χ3n) is 18.2. The molecule has 9 heteroatoms. The minimum absolute atomic E-state index is 0.385. The van der Waals surface area contributed by atoms with Crippen LogP contribution in [0.2, 0.25) is 0 Å². The molecule has 0 saturated carbocycles. The molecule has 0 spiro atoms. The van der Waals surface area contributed by atoms with Crippen LogP contribution in [0.5, 0.6) is 0 Å². The van der Waals surface area contributed by atoms with Gasteiger partial charge >= 0.3 is 0 Å². The normalized spacial score (nSPS) is 11.9. The Morgan fingerprint density at radius 3 is 1.33 bits per heavy atom. The number of thiophene rings is 1. The zero-order valence-electron chi connectivity index (χ0n) is 48.5. The van der Waals surface area contributed by atoms with Gasteiger partial charge < -0.3 is 18.0 Å². The maximum Gasteiger partial charge on any atom is 0.213 e. The summed E-state index contributed by atoms with van der Waals surface area (Å²) in [6.07, 6.45) is 0. The monoisotopic (exact) mass is 1180 g/mol. The summed E-state index contributed by atoms with van der Waals surface area (Å²) >= 11 is 1.78. The second-order valence-corrected chi connectivity index (χ2v) is 24.3. The molecule has 0 fully saturated rings. The first kappa shape index (κ1) is 50.9. The molecular weight excluding hydrogens is 1130 g/mol. The lowest BCUT2D eigenvalue weighted by Gasteiger charge is -2.25. The summed E-state index contributed by atoms with van der Waals surface area (Å²) in [6, 6.07) is 97.6. The molecule has 0 radical (unpaired) electrons. The van der Waals surface area contributed by atoms with Crippen LogP contribution in [0.25, 0.3) is 191 Å². The highest BCUT2D eigenvalue weighted by molar-refractivity contribution is 7.25. The van der Waals surface area contributed by atoms with E-state index in [0.29, 0.717) is 34.4 Å². The summed E-state index contributed by atoms with van der Waals surface area (Å²) in [5, 5.41) is 10.3. The van der Waals surface area contributed by atoms with Crippen molar-refractivity contribution in [2.45, 2.75) is 0 Å². The zero-order chi connectivity index (χ0) is 59.8. The summed E-state index contributed by atoms with van der Waals surface area (Å²) in [5.41, 5.74) is 16.9. The molecule has 0 unspecified atom stereocenters. The molecule has 422 valence electrons. The summed E-state index contributed by atoms with van der Waals surface area (Å²) < 4.78 is 21.2. The van der Waals surface area contributed by atoms with Gasteiger partial charge in [0, 0.05) is 74.7 Å². The molecule has 0 atom stereocenters. The molecule has 0 aliphatic heterocycles. The number of aromatic nitrogens is 5. The van der Waals surface area contributed by atoms with Gasteiger partial charge in [-0.2, -0.15) is 0 Å². The molecule has 0 aliphatic carbocycles. The number of hydrogen-bond donors (Lipinski definition) is 0. The van der Waals surface area contributed by atoms with Gasteiger partial charge in [-0.15, -0.1) is 11.3 Å². The first-order valence-corrected chi connectivity index (χ1v) is 31.2. The fraction of sp³-hybridized carbons (Fsp3) is 0. The Labute approximate surface area is 523 Å². The standard InChI is InChI=1S/C82H46N6O2S/c1-83-64-47-63(82-85-80(51-26-12-5-13-27-51)84-81(86-82)54-36-43-72-60(46-54)57-30-16-19-33-71(57)91-72)73(50-24-10-4-11-25-50)77(88-66-40-35-53(49-22-8-3-9-23-49)45-62(66)75-68(88)42-38-59-56-29-15-18-32-70(56)90-79(59)75)76(64)87-65-39-34-52(48-20-6-2-7-21-48)44-61(65)74-67(87)41-37-58-55-28-14-17-31-69(55)89-78(58)74/h2-47H. The van der Waals surface area contributed by atoms with Gasteiger partial charge in [0.25, 0.3) is 0 Å². The van der Waals surface area contributed by atoms with E-state index in [4.69, 9.17) is 28.6 Å². The number of benzene rings is 13. The van der Waals surface area contributed by atoms with Crippen molar-refractivity contribution < 1.29 is 8.83 Å². The Bertz CT molecular complexity index is 6270. The van der Waals surface area contributed by atoms with E-state index in [0.717, 1.165) is 143 Å². The fourth-order valence-corrected chi connectivity index (χ4v) is 15.2. The molecule has 0 N–H and O–H groups in total. The van der Waals surface area contributed by atoms with E-state index in [1.807, 2.05) is 60.7 Å². The fourth-order valence-electron chi connectivity index (χ4n) is 14.1. The Morgan fingerprint density at radius 2 is 0.758 bits per heavy atom. The predicted octanol–water partition coefficient (Wildman–Crippen LogP) is 22.8. The number of rotatable bonds is 8. The predicted molar refractivity (Wildman–Crippen MR) is 375 cm³/mol. The van der Waals surface area contributed by atoms with E-state index >= 15 is 0 Å². The smallest absolute Gasteiger partial charge is 0.213 e. The van der Waals surface area contributed by atoms with Crippen molar-refractivity contribution in [2.24, 2.45) is 0 Å². The maximum absolute atomic E-state index is 9.73. The van der Waals surface area contributed by atoms with Crippen molar-refractivity contribution >= 4 is 125 Å². The van der Waals surface area contributed by atoms with Crippen molar-refractivity contribution in [1.82, 2.24) is 24.1 Å². The maximum atomic E-state index is 9.73. The lowest BCUT2D eigenvalue weighted by molar-refractivity contribution is 0.672. The van der Waals surface area contributed by atoms with Gasteiger partial charge in [-0.05, 0) is 119 Å². The SMILES string of the molecule is [C-]#[N+]c1cc(-c2nc(-c3ccccc3)nc(-c3ccc4sc5ccccc5c4c3)n2)c(-c2ccccc2)c(-n2c3ccc(-c4ccccc4)cc3c3c4oc5ccccc5c4ccc32)c1-n1c2ccc(-c3ccccc3)cc2c2c3oc4ccccc4c3ccc21. The van der Waals surface area contributed by atoms with Crippen LogP contribution in [0.3, 0.4) is 0 Å². The average molecular weight is 1180 g/mol. The summed E-state index contributed by atoms with van der Waals surface area (Å²) in [4.78, 5) is 21.2. The molecule has 0 saturated heterocycles. The van der Waals surface area contributed by atoms with E-state index in [1.165, 1.54) is 14.8 Å². The van der Waals surface area contributed by atoms with Gasteiger partial charge in [0.05, 0.1) is 50.8 Å². The molecule has 19 rings (SSSR count). The Kier molecular flexibility index (Phi) is 11.1. The molecule has 19 aromatic rings. The molecule has 91 heavy (non-hydrogen) atoms. The number of hydrogen-bond acceptors (Lipinski definition) is 6. The van der Waals surface area contributed by atoms with Crippen molar-refractivity contribution in [2.75, 3.05) is 0 Å². The summed E-state index contributed by atoms with van der Waals surface area (Å²) in [5.74, 6) is 1.44. The first-order chi connectivity index (χ1) is 45.1. The van der Waals surface area contributed by atoms with E-state index in [2.05, 4.69) is 228 Å². The lowest BCUT2D eigenvalue weighted by atomic mass is 9.93. The van der Waals surface area contributed by atoms with Crippen molar-refractivity contribution in [3.63, 3.8) is 0 Å². The van der Waals surface area contributed by atoms with Crippen LogP contribution in [0, 0.1) is 6.57 Å². The van der Waals surface area contributed by atoms with Crippen LogP contribution in [0.15, 0.2) is 288 Å². The number of nitrogens with zero attached hydrogens (tertiary/aromatic N) is 6. The van der Waals surface area contributed by atoms with Crippen LogP contribution in [-0.2, 0) is 0 Å². The Hall–Kier alpha value is -12.2. The lowest BCUT2D eigenvalue weighted by Crippen LogP contribution is -2.09. The minimum Gasteiger partial charge on any atom is -0.455 e. The van der Waals surface area contributed by atoms with Gasteiger partial charge in [0.15, 0.2) is 17.5 Å². The van der Waals surface area contributed by atoms with Gasteiger partial charge in [-0.1, -0.05) is 188 Å². The second kappa shape index (κ2) is 19.9. The summed E-state index contributed by atoms with van der Waals surface area (Å²) in [6.45, 7) is 9.73. The summed E-state index contributed by atoms with van der Waals surface area (Å²) in [7, 11) is 0. The second-order valence-electron chi connectivity index (χ2n) is 23.2. The van der Waals surface area contributed by atoms with Crippen LogP contribution in [-0.4, -0.2) is 24.1 Å². The van der Waals surface area contributed by atoms with Crippen molar-refractivity contribution in [1.29, 1.82) is 0 Å². The number of furan rings is 2. The van der Waals surface area contributed by atoms with Gasteiger partial charge in [0.2, 0.25) is 5.69 Å². The first-order valence-electron chi connectivity index (χ1n) is 30.3. The van der Waals surface area contributed by atoms with E-state index in [9.17, 15) is 6.57 Å². The minimum atomic E-state index is 0.385. The molecular formula is C82H46N6O2S. The van der Waals surface area contributed by atoms with E-state index in [-0.39, 0.29) is 0 Å². The van der Waals surface area contributed by atoms with Crippen LogP contribution in [0.1, 0.15) is 0 Å². The van der Waals surface area contributed by atoms with Crippen LogP contribution in [0.4, 0.5) is 5.69 Å². The van der Waals surface area contributed by atoms with E-state index in [1.54, 1.807) is 11.3 Å². The van der Waals surface area contributed by atoms with Gasteiger partial charge in [0.1, 0.15) is 22.3 Å². The molecule has 6 aromatic heterocycles.